The molecule has 1 N–H and O–H groups in total. The highest BCUT2D eigenvalue weighted by molar-refractivity contribution is 8.01. The summed E-state index contributed by atoms with van der Waals surface area (Å²) in [6.07, 6.45) is -4.83. The van der Waals surface area contributed by atoms with Crippen LogP contribution in [-0.2, 0) is 9.59 Å². The molecule has 2 amide bonds. The van der Waals surface area contributed by atoms with Crippen molar-refractivity contribution < 1.29 is 27.5 Å². The zero-order valence-corrected chi connectivity index (χ0v) is 15.8. The number of nitrogens with zero attached hydrogens (tertiary/aromatic N) is 1. The zero-order chi connectivity index (χ0) is 19.5. The van der Waals surface area contributed by atoms with Gasteiger partial charge >= 0.3 is 6.36 Å². The van der Waals surface area contributed by atoms with Gasteiger partial charge in [-0.2, -0.15) is 0 Å². The molecule has 0 aliphatic carbocycles. The molecule has 0 aromatic heterocycles. The average molecular weight is 431 g/mol. The van der Waals surface area contributed by atoms with Gasteiger partial charge in [0.25, 0.3) is 5.91 Å². The van der Waals surface area contributed by atoms with Crippen molar-refractivity contribution in [3.63, 3.8) is 0 Å². The fourth-order valence-electron chi connectivity index (χ4n) is 2.03. The lowest BCUT2D eigenvalue weighted by atomic mass is 9.95. The van der Waals surface area contributed by atoms with E-state index in [0.717, 1.165) is 23.9 Å². The second-order valence-electron chi connectivity index (χ2n) is 5.79. The van der Waals surface area contributed by atoms with E-state index < -0.39 is 34.7 Å². The lowest BCUT2D eigenvalue weighted by Crippen LogP contribution is -2.48. The molecule has 1 unspecified atom stereocenters. The molecule has 1 saturated heterocycles. The topological polar surface area (TPSA) is 58.6 Å². The van der Waals surface area contributed by atoms with E-state index in [0.29, 0.717) is 0 Å². The summed E-state index contributed by atoms with van der Waals surface area (Å²) in [4.78, 5) is 26.0. The second kappa shape index (κ2) is 8.14. The molecule has 1 aromatic carbocycles. The van der Waals surface area contributed by atoms with Crippen molar-refractivity contribution in [2.45, 2.75) is 18.7 Å². The summed E-state index contributed by atoms with van der Waals surface area (Å²) in [6.45, 7) is 1.57. The molecule has 1 atom stereocenters. The van der Waals surface area contributed by atoms with Gasteiger partial charge in [0.05, 0.1) is 11.3 Å². The molecule has 1 aliphatic heterocycles. The van der Waals surface area contributed by atoms with Crippen molar-refractivity contribution in [1.29, 1.82) is 0 Å². The van der Waals surface area contributed by atoms with Gasteiger partial charge in [-0.1, -0.05) is 6.07 Å². The summed E-state index contributed by atoms with van der Waals surface area (Å²) in [5.41, 5.74) is -0.795. The van der Waals surface area contributed by atoms with Crippen LogP contribution in [0.15, 0.2) is 24.3 Å². The Hall–Kier alpha value is -1.32. The van der Waals surface area contributed by atoms with Crippen molar-refractivity contribution in [3.8, 4) is 5.75 Å². The molecule has 0 bridgehead atoms. The third-order valence-electron chi connectivity index (χ3n) is 3.62. The van der Waals surface area contributed by atoms with Crippen LogP contribution in [0.1, 0.15) is 6.92 Å². The minimum atomic E-state index is -4.83. The van der Waals surface area contributed by atoms with E-state index in [1.165, 1.54) is 17.0 Å². The second-order valence-corrected chi connectivity index (χ2v) is 7.39. The third-order valence-corrected chi connectivity index (χ3v) is 5.86. The number of amides is 2. The lowest BCUT2D eigenvalue weighted by molar-refractivity contribution is -0.274. The predicted molar refractivity (Wildman–Crippen MR) is 94.5 cm³/mol. The molecule has 1 heterocycles. The minimum absolute atomic E-state index is 0.0194. The smallest absolute Gasteiger partial charge is 0.406 e. The maximum Gasteiger partial charge on any atom is 0.573 e. The standard InChI is InChI=1S/C15H15Cl2F3N2O3S/c1-14(6-16,7-17)13(24)21-11-12(23)22(8-26-11)9-3-2-4-10(5-9)25-15(18,19)20/h2-5,11H,6-8H2,1H3,(H,21,24). The molecule has 0 spiro atoms. The Labute approximate surface area is 162 Å². The summed E-state index contributed by atoms with van der Waals surface area (Å²) in [6, 6.07) is 5.07. The number of ether oxygens (including phenoxy) is 1. The van der Waals surface area contributed by atoms with Crippen LogP contribution in [0, 0.1) is 5.41 Å². The van der Waals surface area contributed by atoms with Gasteiger partial charge in [-0.15, -0.1) is 48.1 Å². The van der Waals surface area contributed by atoms with Gasteiger partial charge < -0.3 is 10.1 Å². The number of halogens is 5. The van der Waals surface area contributed by atoms with Crippen LogP contribution >= 0.6 is 35.0 Å². The fraction of sp³-hybridized carbons (Fsp3) is 0.467. The van der Waals surface area contributed by atoms with E-state index in [2.05, 4.69) is 10.1 Å². The van der Waals surface area contributed by atoms with Gasteiger partial charge in [0.15, 0.2) is 5.37 Å². The first-order chi connectivity index (χ1) is 12.1. The number of thioether (sulfide) groups is 1. The van der Waals surface area contributed by atoms with Crippen LogP contribution in [0.3, 0.4) is 0 Å². The summed E-state index contributed by atoms with van der Waals surface area (Å²) in [5.74, 6) is -1.24. The molecule has 2 rings (SSSR count). The Morgan fingerprint density at radius 2 is 2.04 bits per heavy atom. The van der Waals surface area contributed by atoms with Gasteiger partial charge in [0.2, 0.25) is 5.91 Å². The van der Waals surface area contributed by atoms with Crippen molar-refractivity contribution in [3.05, 3.63) is 24.3 Å². The van der Waals surface area contributed by atoms with Crippen molar-refractivity contribution in [2.75, 3.05) is 22.5 Å². The number of hydrogen-bond acceptors (Lipinski definition) is 4. The number of hydrogen-bond donors (Lipinski definition) is 1. The maximum atomic E-state index is 12.5. The number of anilines is 1. The molecular formula is C15H15Cl2F3N2O3S. The highest BCUT2D eigenvalue weighted by atomic mass is 35.5. The van der Waals surface area contributed by atoms with E-state index in [1.54, 1.807) is 6.92 Å². The van der Waals surface area contributed by atoms with E-state index in [4.69, 9.17) is 23.2 Å². The lowest BCUT2D eigenvalue weighted by Gasteiger charge is -2.24. The first-order valence-corrected chi connectivity index (χ1v) is 9.43. The highest BCUT2D eigenvalue weighted by Crippen LogP contribution is 2.32. The molecule has 5 nitrogen and oxygen atoms in total. The molecule has 26 heavy (non-hydrogen) atoms. The Balaban J connectivity index is 2.10. The van der Waals surface area contributed by atoms with Crippen LogP contribution in [0.4, 0.5) is 18.9 Å². The summed E-state index contributed by atoms with van der Waals surface area (Å²) < 4.78 is 40.9. The number of carbonyl (C=O) groups is 2. The van der Waals surface area contributed by atoms with Crippen molar-refractivity contribution >= 4 is 52.5 Å². The molecule has 1 aromatic rings. The van der Waals surface area contributed by atoms with E-state index in [9.17, 15) is 22.8 Å². The summed E-state index contributed by atoms with van der Waals surface area (Å²) >= 11 is 12.7. The first kappa shape index (κ1) is 21.0. The third kappa shape index (κ3) is 4.89. The number of rotatable bonds is 6. The Morgan fingerprint density at radius 3 is 2.62 bits per heavy atom. The average Bonchev–Trinajstić information content (AvgIpc) is 2.93. The normalized spacial score (nSPS) is 18.2. The Morgan fingerprint density at radius 1 is 1.38 bits per heavy atom. The van der Waals surface area contributed by atoms with Gasteiger partial charge in [-0.25, -0.2) is 0 Å². The molecule has 0 saturated carbocycles. The van der Waals surface area contributed by atoms with Crippen LogP contribution in [-0.4, -0.2) is 41.2 Å². The summed E-state index contributed by atoms with van der Waals surface area (Å²) in [7, 11) is 0. The SMILES string of the molecule is CC(CCl)(CCl)C(=O)NC1SCN(c2cccc(OC(F)(F)F)c2)C1=O. The molecular weight excluding hydrogens is 416 g/mol. The van der Waals surface area contributed by atoms with Crippen LogP contribution in [0.25, 0.3) is 0 Å². The number of benzene rings is 1. The minimum Gasteiger partial charge on any atom is -0.406 e. The molecule has 1 aliphatic rings. The van der Waals surface area contributed by atoms with E-state index >= 15 is 0 Å². The van der Waals surface area contributed by atoms with E-state index in [-0.39, 0.29) is 23.3 Å². The Bertz CT molecular complexity index is 686. The quantitative estimate of drug-likeness (QED) is 0.701. The molecule has 144 valence electrons. The van der Waals surface area contributed by atoms with Gasteiger partial charge in [-0.05, 0) is 19.1 Å². The predicted octanol–water partition coefficient (Wildman–Crippen LogP) is 3.55. The van der Waals surface area contributed by atoms with Crippen molar-refractivity contribution in [1.82, 2.24) is 5.32 Å². The van der Waals surface area contributed by atoms with Crippen LogP contribution in [0.5, 0.6) is 5.75 Å². The van der Waals surface area contributed by atoms with Gasteiger partial charge in [0.1, 0.15) is 5.75 Å². The molecule has 11 heteroatoms. The number of carbonyl (C=O) groups excluding carboxylic acids is 2. The molecule has 0 radical (unpaired) electrons. The first-order valence-electron chi connectivity index (χ1n) is 7.31. The van der Waals surface area contributed by atoms with E-state index in [1.807, 2.05) is 0 Å². The fourth-order valence-corrected chi connectivity index (χ4v) is 3.59. The monoisotopic (exact) mass is 430 g/mol. The maximum absolute atomic E-state index is 12.5. The van der Waals surface area contributed by atoms with Crippen LogP contribution < -0.4 is 15.0 Å². The van der Waals surface area contributed by atoms with Gasteiger partial charge in [-0.3, -0.25) is 14.5 Å². The Kier molecular flexibility index (Phi) is 6.57. The summed E-state index contributed by atoms with van der Waals surface area (Å²) in [5, 5.41) is 1.70. The van der Waals surface area contributed by atoms with Crippen LogP contribution in [0.2, 0.25) is 0 Å². The zero-order valence-electron chi connectivity index (χ0n) is 13.5. The van der Waals surface area contributed by atoms with Gasteiger partial charge in [0, 0.05) is 23.5 Å². The highest BCUT2D eigenvalue weighted by Gasteiger charge is 2.39. The largest absolute Gasteiger partial charge is 0.573 e. The number of nitrogens with one attached hydrogen (secondary N) is 1. The molecule has 1 fully saturated rings. The number of alkyl halides is 5. The van der Waals surface area contributed by atoms with Crippen molar-refractivity contribution in [2.24, 2.45) is 5.41 Å².